The zero-order valence-corrected chi connectivity index (χ0v) is 19.8. The van der Waals surface area contributed by atoms with E-state index in [1.807, 2.05) is 64.3 Å². The summed E-state index contributed by atoms with van der Waals surface area (Å²) in [5, 5.41) is 20.6. The normalized spacial score (nSPS) is 15.7. The molecule has 2 aromatic heterocycles. The first-order valence-corrected chi connectivity index (χ1v) is 12.0. The molecule has 0 saturated carbocycles. The summed E-state index contributed by atoms with van der Waals surface area (Å²) in [5.41, 5.74) is 3.80. The van der Waals surface area contributed by atoms with Crippen molar-refractivity contribution in [2.75, 3.05) is 26.2 Å². The molecule has 0 radical (unpaired) electrons. The highest BCUT2D eigenvalue weighted by atomic mass is 16.4. The molecule has 0 amide bonds. The average molecular weight is 485 g/mol. The number of aromatic nitrogens is 2. The zero-order chi connectivity index (χ0) is 25.1. The summed E-state index contributed by atoms with van der Waals surface area (Å²) in [6.07, 6.45) is 5.49. The van der Waals surface area contributed by atoms with Crippen LogP contribution in [0.25, 0.3) is 10.9 Å². The lowest BCUT2D eigenvalue weighted by Crippen LogP contribution is -2.48. The Morgan fingerprint density at radius 3 is 2.31 bits per heavy atom. The van der Waals surface area contributed by atoms with E-state index in [1.165, 1.54) is 0 Å². The monoisotopic (exact) mass is 484 g/mol. The molecule has 8 nitrogen and oxygen atoms in total. The Morgan fingerprint density at radius 1 is 0.889 bits per heavy atom. The fourth-order valence-electron chi connectivity index (χ4n) is 5.00. The molecule has 2 N–H and O–H groups in total. The van der Waals surface area contributed by atoms with Gasteiger partial charge in [-0.05, 0) is 35.4 Å². The number of rotatable bonds is 8. The first kappa shape index (κ1) is 23.7. The molecule has 1 saturated heterocycles. The van der Waals surface area contributed by atoms with Gasteiger partial charge in [0.15, 0.2) is 0 Å². The van der Waals surface area contributed by atoms with Gasteiger partial charge in [0.25, 0.3) is 0 Å². The molecule has 1 aliphatic rings. The predicted octanol–water partition coefficient (Wildman–Crippen LogP) is 3.73. The molecule has 36 heavy (non-hydrogen) atoms. The van der Waals surface area contributed by atoms with E-state index in [-0.39, 0.29) is 5.56 Å². The topological polar surface area (TPSA) is 98.9 Å². The van der Waals surface area contributed by atoms with Gasteiger partial charge in [0.1, 0.15) is 6.04 Å². The number of pyridine rings is 1. The molecule has 3 heterocycles. The van der Waals surface area contributed by atoms with Crippen LogP contribution in [0.15, 0.2) is 79.3 Å². The number of carboxylic acid groups (broad SMARTS) is 2. The number of hydrogen-bond donors (Lipinski definition) is 2. The van der Waals surface area contributed by atoms with E-state index in [2.05, 4.69) is 9.88 Å². The van der Waals surface area contributed by atoms with Crippen molar-refractivity contribution in [2.45, 2.75) is 19.1 Å². The first-order chi connectivity index (χ1) is 17.5. The largest absolute Gasteiger partial charge is 0.480 e. The number of fused-ring (bicyclic) bond motifs is 1. The van der Waals surface area contributed by atoms with Crippen LogP contribution in [0, 0.1) is 0 Å². The summed E-state index contributed by atoms with van der Waals surface area (Å²) in [4.78, 5) is 32.8. The van der Waals surface area contributed by atoms with Crippen LogP contribution in [0.2, 0.25) is 0 Å². The van der Waals surface area contributed by atoms with Crippen LogP contribution in [0.5, 0.6) is 0 Å². The van der Waals surface area contributed by atoms with Crippen molar-refractivity contribution < 1.29 is 19.8 Å². The molecule has 1 atom stereocenters. The van der Waals surface area contributed by atoms with Crippen LogP contribution in [0.3, 0.4) is 0 Å². The van der Waals surface area contributed by atoms with Crippen molar-refractivity contribution in [1.82, 2.24) is 19.4 Å². The van der Waals surface area contributed by atoms with Gasteiger partial charge in [0.05, 0.1) is 5.56 Å². The smallest absolute Gasteiger partial charge is 0.335 e. The first-order valence-electron chi connectivity index (χ1n) is 12.0. The highest BCUT2D eigenvalue weighted by Crippen LogP contribution is 2.33. The number of carboxylic acids is 2. The maximum Gasteiger partial charge on any atom is 0.335 e. The van der Waals surface area contributed by atoms with Crippen molar-refractivity contribution in [2.24, 2.45) is 0 Å². The van der Waals surface area contributed by atoms with Crippen LogP contribution < -0.4 is 0 Å². The third-order valence-corrected chi connectivity index (χ3v) is 6.78. The molecule has 184 valence electrons. The predicted molar refractivity (Wildman–Crippen MR) is 136 cm³/mol. The highest BCUT2D eigenvalue weighted by molar-refractivity contribution is 5.96. The van der Waals surface area contributed by atoms with E-state index in [1.54, 1.807) is 24.4 Å². The fourth-order valence-corrected chi connectivity index (χ4v) is 5.00. The molecule has 4 aromatic rings. The minimum atomic E-state index is -1.03. The summed E-state index contributed by atoms with van der Waals surface area (Å²) >= 11 is 0. The SMILES string of the molecule is O=C(O)c1ccc2c(c1)c(C(C(=O)O)N1CCN(Cc3cccnc3)CC1)cn2Cc1ccccc1. The Bertz CT molecular complexity index is 1360. The summed E-state index contributed by atoms with van der Waals surface area (Å²) in [6.45, 7) is 4.01. The van der Waals surface area contributed by atoms with Gasteiger partial charge in [0.2, 0.25) is 0 Å². The van der Waals surface area contributed by atoms with Crippen molar-refractivity contribution in [3.63, 3.8) is 0 Å². The number of piperazine rings is 1. The lowest BCUT2D eigenvalue weighted by atomic mass is 10.0. The molecular formula is C28H28N4O4. The summed E-state index contributed by atoms with van der Waals surface area (Å²) in [7, 11) is 0. The van der Waals surface area contributed by atoms with Gasteiger partial charge in [-0.25, -0.2) is 4.79 Å². The Hall–Kier alpha value is -4.01. The minimum absolute atomic E-state index is 0.145. The second kappa shape index (κ2) is 10.3. The van der Waals surface area contributed by atoms with Gasteiger partial charge in [-0.15, -0.1) is 0 Å². The Labute approximate surface area is 209 Å². The molecular weight excluding hydrogens is 456 g/mol. The fraction of sp³-hybridized carbons (Fsp3) is 0.250. The highest BCUT2D eigenvalue weighted by Gasteiger charge is 2.33. The molecule has 0 bridgehead atoms. The van der Waals surface area contributed by atoms with Crippen LogP contribution in [0.4, 0.5) is 0 Å². The summed E-state index contributed by atoms with van der Waals surface area (Å²) in [6, 6.07) is 18.0. The minimum Gasteiger partial charge on any atom is -0.480 e. The van der Waals surface area contributed by atoms with Crippen LogP contribution in [-0.4, -0.2) is 67.7 Å². The Kier molecular flexibility index (Phi) is 6.79. The average Bonchev–Trinajstić information content (AvgIpc) is 3.23. The molecule has 1 aliphatic heterocycles. The lowest BCUT2D eigenvalue weighted by molar-refractivity contribution is -0.144. The van der Waals surface area contributed by atoms with Gasteiger partial charge in [0, 0.05) is 74.3 Å². The van der Waals surface area contributed by atoms with Gasteiger partial charge in [-0.2, -0.15) is 0 Å². The van der Waals surface area contributed by atoms with Gasteiger partial charge >= 0.3 is 11.9 Å². The summed E-state index contributed by atoms with van der Waals surface area (Å²) < 4.78 is 2.01. The molecule has 1 fully saturated rings. The molecule has 0 spiro atoms. The van der Waals surface area contributed by atoms with Crippen molar-refractivity contribution in [1.29, 1.82) is 0 Å². The third-order valence-electron chi connectivity index (χ3n) is 6.78. The van der Waals surface area contributed by atoms with E-state index in [4.69, 9.17) is 0 Å². The number of hydrogen-bond acceptors (Lipinski definition) is 5. The van der Waals surface area contributed by atoms with E-state index >= 15 is 0 Å². The zero-order valence-electron chi connectivity index (χ0n) is 19.8. The van der Waals surface area contributed by atoms with Crippen LogP contribution >= 0.6 is 0 Å². The van der Waals surface area contributed by atoms with Crippen molar-refractivity contribution >= 4 is 22.8 Å². The van der Waals surface area contributed by atoms with Gasteiger partial charge in [-0.3, -0.25) is 19.6 Å². The van der Waals surface area contributed by atoms with E-state index in [0.717, 1.165) is 36.3 Å². The number of carbonyl (C=O) groups is 2. The lowest BCUT2D eigenvalue weighted by Gasteiger charge is -2.37. The van der Waals surface area contributed by atoms with Crippen molar-refractivity contribution in [3.05, 3.63) is 102 Å². The number of aliphatic carboxylic acids is 1. The quantitative estimate of drug-likeness (QED) is 0.393. The third kappa shape index (κ3) is 5.00. The van der Waals surface area contributed by atoms with E-state index < -0.39 is 18.0 Å². The van der Waals surface area contributed by atoms with Crippen LogP contribution in [-0.2, 0) is 17.9 Å². The van der Waals surface area contributed by atoms with Gasteiger partial charge < -0.3 is 14.8 Å². The molecule has 0 aliphatic carbocycles. The Morgan fingerprint density at radius 2 is 1.64 bits per heavy atom. The number of aromatic carboxylic acids is 1. The molecule has 2 aromatic carbocycles. The number of benzene rings is 2. The number of nitrogens with zero attached hydrogens (tertiary/aromatic N) is 4. The Balaban J connectivity index is 1.45. The molecule has 5 rings (SSSR count). The van der Waals surface area contributed by atoms with Gasteiger partial charge in [-0.1, -0.05) is 36.4 Å². The second-order valence-corrected chi connectivity index (χ2v) is 9.15. The van der Waals surface area contributed by atoms with E-state index in [9.17, 15) is 19.8 Å². The maximum absolute atomic E-state index is 12.6. The molecule has 8 heteroatoms. The standard InChI is InChI=1S/C28H28N4O4/c33-27(34)22-8-9-25-23(15-22)24(19-32(25)18-20-5-2-1-3-6-20)26(28(35)36)31-13-11-30(12-14-31)17-21-7-4-10-29-16-21/h1-10,15-16,19,26H,11-14,17-18H2,(H,33,34)(H,35,36). The van der Waals surface area contributed by atoms with Crippen molar-refractivity contribution in [3.8, 4) is 0 Å². The second-order valence-electron chi connectivity index (χ2n) is 9.15. The van der Waals surface area contributed by atoms with E-state index in [0.29, 0.717) is 30.6 Å². The summed E-state index contributed by atoms with van der Waals surface area (Å²) in [5.74, 6) is -1.97. The molecule has 1 unspecified atom stereocenters. The van der Waals surface area contributed by atoms with Crippen LogP contribution in [0.1, 0.15) is 33.1 Å². The maximum atomic E-state index is 12.6.